The molecule has 0 N–H and O–H groups in total. The van der Waals surface area contributed by atoms with Gasteiger partial charge < -0.3 is 9.30 Å². The third-order valence-corrected chi connectivity index (χ3v) is 2.75. The Labute approximate surface area is 111 Å². The Balaban J connectivity index is 1.97. The fourth-order valence-corrected chi connectivity index (χ4v) is 1.63. The van der Waals surface area contributed by atoms with Crippen molar-refractivity contribution in [1.82, 2.24) is 14.5 Å². The number of aryl methyl sites for hydroxylation is 1. The van der Waals surface area contributed by atoms with E-state index in [-0.39, 0.29) is 5.91 Å². The van der Waals surface area contributed by atoms with Crippen LogP contribution in [0.1, 0.15) is 6.42 Å². The van der Waals surface area contributed by atoms with E-state index < -0.39 is 0 Å². The Kier molecular flexibility index (Phi) is 4.12. The van der Waals surface area contributed by atoms with Gasteiger partial charge in [0, 0.05) is 44.7 Å². The molecule has 0 spiro atoms. The highest BCUT2D eigenvalue weighted by Crippen LogP contribution is 2.11. The van der Waals surface area contributed by atoms with Crippen LogP contribution < -0.4 is 9.64 Å². The second kappa shape index (κ2) is 5.99. The number of anilines is 1. The smallest absolute Gasteiger partial charge is 0.235 e. The maximum Gasteiger partial charge on any atom is 0.235 e. The summed E-state index contributed by atoms with van der Waals surface area (Å²) in [5.41, 5.74) is 0. The SMILES string of the molecule is COc1ccnc(N(C)C(=O)CCn2cccc2)n1. The number of hydrogen-bond acceptors (Lipinski definition) is 4. The van der Waals surface area contributed by atoms with Crippen molar-refractivity contribution in [3.63, 3.8) is 0 Å². The Morgan fingerprint density at radius 1 is 1.42 bits per heavy atom. The second-order valence-electron chi connectivity index (χ2n) is 4.02. The first-order valence-electron chi connectivity index (χ1n) is 5.95. The van der Waals surface area contributed by atoms with Crippen LogP contribution in [0.15, 0.2) is 36.8 Å². The number of amides is 1. The second-order valence-corrected chi connectivity index (χ2v) is 4.02. The summed E-state index contributed by atoms with van der Waals surface area (Å²) >= 11 is 0. The molecule has 2 heterocycles. The predicted molar refractivity (Wildman–Crippen MR) is 71.0 cm³/mol. The summed E-state index contributed by atoms with van der Waals surface area (Å²) in [6.07, 6.45) is 5.81. The Hall–Kier alpha value is -2.37. The minimum absolute atomic E-state index is 0.0399. The summed E-state index contributed by atoms with van der Waals surface area (Å²) in [6, 6.07) is 5.50. The highest BCUT2D eigenvalue weighted by molar-refractivity contribution is 5.90. The van der Waals surface area contributed by atoms with Gasteiger partial charge in [0.2, 0.25) is 17.7 Å². The van der Waals surface area contributed by atoms with E-state index in [0.717, 1.165) is 0 Å². The van der Waals surface area contributed by atoms with E-state index in [1.807, 2.05) is 29.1 Å². The third kappa shape index (κ3) is 3.31. The first-order valence-corrected chi connectivity index (χ1v) is 5.95. The summed E-state index contributed by atoms with van der Waals surface area (Å²) in [7, 11) is 3.19. The number of methoxy groups -OCH3 is 1. The van der Waals surface area contributed by atoms with E-state index in [4.69, 9.17) is 4.74 Å². The largest absolute Gasteiger partial charge is 0.481 e. The van der Waals surface area contributed by atoms with Gasteiger partial charge in [-0.25, -0.2) is 4.98 Å². The molecule has 0 radical (unpaired) electrons. The van der Waals surface area contributed by atoms with Crippen LogP contribution in [0.2, 0.25) is 0 Å². The molecule has 1 amide bonds. The molecule has 2 rings (SSSR count). The fraction of sp³-hybridized carbons (Fsp3) is 0.308. The molecule has 19 heavy (non-hydrogen) atoms. The van der Waals surface area contributed by atoms with E-state index in [1.54, 1.807) is 19.3 Å². The van der Waals surface area contributed by atoms with Crippen LogP contribution >= 0.6 is 0 Å². The van der Waals surface area contributed by atoms with Crippen molar-refractivity contribution in [1.29, 1.82) is 0 Å². The van der Waals surface area contributed by atoms with Crippen LogP contribution in [-0.4, -0.2) is 34.6 Å². The molecule has 0 bridgehead atoms. The van der Waals surface area contributed by atoms with Crippen molar-refractivity contribution in [2.45, 2.75) is 13.0 Å². The Bertz CT molecular complexity index is 539. The molecule has 0 aliphatic carbocycles. The van der Waals surface area contributed by atoms with Crippen LogP contribution in [0.5, 0.6) is 5.88 Å². The molecule has 2 aromatic rings. The van der Waals surface area contributed by atoms with Gasteiger partial charge in [0.15, 0.2) is 0 Å². The highest BCUT2D eigenvalue weighted by Gasteiger charge is 2.13. The lowest BCUT2D eigenvalue weighted by molar-refractivity contribution is -0.118. The molecule has 6 nitrogen and oxygen atoms in total. The van der Waals surface area contributed by atoms with Crippen molar-refractivity contribution in [3.05, 3.63) is 36.8 Å². The van der Waals surface area contributed by atoms with Crippen LogP contribution in [0.3, 0.4) is 0 Å². The van der Waals surface area contributed by atoms with Gasteiger partial charge in [-0.3, -0.25) is 9.69 Å². The van der Waals surface area contributed by atoms with Crippen molar-refractivity contribution < 1.29 is 9.53 Å². The van der Waals surface area contributed by atoms with Crippen molar-refractivity contribution in [2.75, 3.05) is 19.1 Å². The summed E-state index contributed by atoms with van der Waals surface area (Å²) in [5.74, 6) is 0.744. The van der Waals surface area contributed by atoms with Crippen LogP contribution in [0.25, 0.3) is 0 Å². The van der Waals surface area contributed by atoms with Gasteiger partial charge in [0.1, 0.15) is 0 Å². The molecule has 0 aliphatic heterocycles. The lowest BCUT2D eigenvalue weighted by Crippen LogP contribution is -2.28. The first-order chi connectivity index (χ1) is 9.20. The number of ether oxygens (including phenoxy) is 1. The lowest BCUT2D eigenvalue weighted by atomic mass is 10.3. The zero-order valence-corrected chi connectivity index (χ0v) is 11.0. The molecule has 2 aromatic heterocycles. The highest BCUT2D eigenvalue weighted by atomic mass is 16.5. The summed E-state index contributed by atoms with van der Waals surface area (Å²) < 4.78 is 6.97. The van der Waals surface area contributed by atoms with Crippen molar-refractivity contribution in [3.8, 4) is 5.88 Å². The molecule has 6 heteroatoms. The van der Waals surface area contributed by atoms with Crippen LogP contribution in [0.4, 0.5) is 5.95 Å². The van der Waals surface area contributed by atoms with E-state index >= 15 is 0 Å². The van der Waals surface area contributed by atoms with Gasteiger partial charge in [-0.15, -0.1) is 0 Å². The topological polar surface area (TPSA) is 60.2 Å². The van der Waals surface area contributed by atoms with Gasteiger partial charge in [0.05, 0.1) is 7.11 Å². The molecule has 0 fully saturated rings. The van der Waals surface area contributed by atoms with Gasteiger partial charge in [-0.05, 0) is 12.1 Å². The minimum atomic E-state index is -0.0399. The van der Waals surface area contributed by atoms with E-state index in [9.17, 15) is 4.79 Å². The van der Waals surface area contributed by atoms with Gasteiger partial charge >= 0.3 is 0 Å². The number of hydrogen-bond donors (Lipinski definition) is 0. The Morgan fingerprint density at radius 3 is 2.84 bits per heavy atom. The standard InChI is InChI=1S/C13H16N4O2/c1-16(13-14-7-5-11(15-13)19-2)12(18)6-10-17-8-3-4-9-17/h3-5,7-9H,6,10H2,1-2H3. The maximum absolute atomic E-state index is 12.0. The summed E-state index contributed by atoms with van der Waals surface area (Å²) in [6.45, 7) is 0.639. The molecule has 0 unspecified atom stereocenters. The van der Waals surface area contributed by atoms with Crippen LogP contribution in [0, 0.1) is 0 Å². The lowest BCUT2D eigenvalue weighted by Gasteiger charge is -2.15. The third-order valence-electron chi connectivity index (χ3n) is 2.75. The fourth-order valence-electron chi connectivity index (χ4n) is 1.63. The number of rotatable bonds is 5. The van der Waals surface area contributed by atoms with E-state index in [1.165, 1.54) is 12.0 Å². The molecule has 100 valence electrons. The number of carbonyl (C=O) groups excluding carboxylic acids is 1. The minimum Gasteiger partial charge on any atom is -0.481 e. The molecule has 0 aliphatic rings. The molecule has 0 saturated carbocycles. The molecule has 0 saturated heterocycles. The van der Waals surface area contributed by atoms with Gasteiger partial charge in [0.25, 0.3) is 0 Å². The average molecular weight is 260 g/mol. The number of nitrogens with zero attached hydrogens (tertiary/aromatic N) is 4. The van der Waals surface area contributed by atoms with Crippen LogP contribution in [-0.2, 0) is 11.3 Å². The zero-order valence-electron chi connectivity index (χ0n) is 11.0. The maximum atomic E-state index is 12.0. The summed E-state index contributed by atoms with van der Waals surface area (Å²) in [5, 5.41) is 0. The normalized spacial score (nSPS) is 10.2. The number of aromatic nitrogens is 3. The Morgan fingerprint density at radius 2 is 2.16 bits per heavy atom. The zero-order chi connectivity index (χ0) is 13.7. The van der Waals surface area contributed by atoms with E-state index in [0.29, 0.717) is 24.8 Å². The van der Waals surface area contributed by atoms with E-state index in [2.05, 4.69) is 9.97 Å². The molecule has 0 atom stereocenters. The van der Waals surface area contributed by atoms with Gasteiger partial charge in [-0.1, -0.05) is 0 Å². The molecular formula is C13H16N4O2. The molecular weight excluding hydrogens is 244 g/mol. The number of carbonyl (C=O) groups is 1. The quantitative estimate of drug-likeness (QED) is 0.814. The van der Waals surface area contributed by atoms with Crippen molar-refractivity contribution >= 4 is 11.9 Å². The average Bonchev–Trinajstić information content (AvgIpc) is 2.97. The summed E-state index contributed by atoms with van der Waals surface area (Å²) in [4.78, 5) is 21.6. The monoisotopic (exact) mass is 260 g/mol. The van der Waals surface area contributed by atoms with Gasteiger partial charge in [-0.2, -0.15) is 4.98 Å². The first kappa shape index (κ1) is 13.1. The molecule has 0 aromatic carbocycles. The predicted octanol–water partition coefficient (Wildman–Crippen LogP) is 1.34. The van der Waals surface area contributed by atoms with Crippen molar-refractivity contribution in [2.24, 2.45) is 0 Å².